The molecule has 0 aromatic carbocycles. The van der Waals surface area contributed by atoms with E-state index >= 15 is 0 Å². The highest BCUT2D eigenvalue weighted by molar-refractivity contribution is 5.91. The first-order valence-corrected chi connectivity index (χ1v) is 6.52. The summed E-state index contributed by atoms with van der Waals surface area (Å²) >= 11 is 0. The molecule has 3 atom stereocenters. The van der Waals surface area contributed by atoms with E-state index in [0.717, 1.165) is 0 Å². The number of hydrogen-bond acceptors (Lipinski definition) is 4. The maximum atomic E-state index is 11.8. The Bertz CT molecular complexity index is 397. The molecule has 0 rings (SSSR count). The molecule has 0 heterocycles. The Balaban J connectivity index is 5.28. The largest absolute Gasteiger partial charge is 0.300 e. The van der Waals surface area contributed by atoms with Crippen LogP contribution in [0.3, 0.4) is 0 Å². The Labute approximate surface area is 114 Å². The quantitative estimate of drug-likeness (QED) is 0.677. The van der Waals surface area contributed by atoms with Gasteiger partial charge in [-0.1, -0.05) is 13.8 Å². The Morgan fingerprint density at radius 3 is 1.68 bits per heavy atom. The van der Waals surface area contributed by atoms with Crippen molar-refractivity contribution in [1.82, 2.24) is 0 Å². The monoisotopic (exact) mass is 268 g/mol. The van der Waals surface area contributed by atoms with Gasteiger partial charge >= 0.3 is 0 Å². The number of hydrogen-bond donors (Lipinski definition) is 0. The second-order valence-corrected chi connectivity index (χ2v) is 5.82. The van der Waals surface area contributed by atoms with Crippen LogP contribution in [0.5, 0.6) is 0 Å². The minimum absolute atomic E-state index is 0.0751. The molecule has 4 nitrogen and oxygen atoms in total. The molecule has 108 valence electrons. The predicted octanol–water partition coefficient (Wildman–Crippen LogP) is 2.38. The number of carbonyl (C=O) groups is 4. The van der Waals surface area contributed by atoms with E-state index in [9.17, 15) is 19.2 Å². The van der Waals surface area contributed by atoms with E-state index in [0.29, 0.717) is 0 Å². The molecule has 0 saturated heterocycles. The fraction of sp³-hybridized carbons (Fsp3) is 0.733. The summed E-state index contributed by atoms with van der Waals surface area (Å²) in [6.07, 6.45) is 0.356. The van der Waals surface area contributed by atoms with Gasteiger partial charge in [-0.2, -0.15) is 0 Å². The Morgan fingerprint density at radius 1 is 0.947 bits per heavy atom. The van der Waals surface area contributed by atoms with Crippen molar-refractivity contribution in [2.45, 2.75) is 54.4 Å². The van der Waals surface area contributed by atoms with Crippen LogP contribution in [0.15, 0.2) is 0 Å². The Kier molecular flexibility index (Phi) is 6.27. The summed E-state index contributed by atoms with van der Waals surface area (Å²) in [5.74, 6) is -1.33. The smallest absolute Gasteiger partial charge is 0.136 e. The molecule has 0 aliphatic rings. The molecule has 0 aliphatic heterocycles. The summed E-state index contributed by atoms with van der Waals surface area (Å²) in [6, 6.07) is 0. The molecule has 0 aromatic heterocycles. The summed E-state index contributed by atoms with van der Waals surface area (Å²) < 4.78 is 0. The summed E-state index contributed by atoms with van der Waals surface area (Å²) in [7, 11) is 0. The first-order chi connectivity index (χ1) is 8.51. The average molecular weight is 268 g/mol. The molecule has 4 heteroatoms. The van der Waals surface area contributed by atoms with E-state index in [1.807, 2.05) is 0 Å². The second kappa shape index (κ2) is 6.73. The maximum absolute atomic E-state index is 11.8. The van der Waals surface area contributed by atoms with E-state index in [1.54, 1.807) is 13.8 Å². The van der Waals surface area contributed by atoms with Gasteiger partial charge in [-0.25, -0.2) is 0 Å². The number of carbonyl (C=O) groups excluding carboxylic acids is 4. The van der Waals surface area contributed by atoms with Crippen LogP contribution in [0.25, 0.3) is 0 Å². The lowest BCUT2D eigenvalue weighted by atomic mass is 9.70. The van der Waals surface area contributed by atoms with Crippen LogP contribution in [0.4, 0.5) is 0 Å². The van der Waals surface area contributed by atoms with Gasteiger partial charge in [-0.15, -0.1) is 0 Å². The molecular weight excluding hydrogens is 244 g/mol. The molecule has 0 radical (unpaired) electrons. The van der Waals surface area contributed by atoms with E-state index < -0.39 is 17.3 Å². The van der Waals surface area contributed by atoms with Crippen LogP contribution in [0.2, 0.25) is 0 Å². The second-order valence-electron chi connectivity index (χ2n) is 5.82. The van der Waals surface area contributed by atoms with Crippen LogP contribution in [0.1, 0.15) is 54.4 Å². The van der Waals surface area contributed by atoms with Crippen molar-refractivity contribution in [3.05, 3.63) is 0 Å². The maximum Gasteiger partial charge on any atom is 0.136 e. The zero-order chi connectivity index (χ0) is 15.4. The first-order valence-electron chi connectivity index (χ1n) is 6.52. The molecule has 19 heavy (non-hydrogen) atoms. The fourth-order valence-electron chi connectivity index (χ4n) is 2.33. The number of Topliss-reactive ketones (excluding diaryl/α,β-unsaturated/α-hetero) is 4. The van der Waals surface area contributed by atoms with Crippen LogP contribution in [-0.2, 0) is 19.2 Å². The van der Waals surface area contributed by atoms with Gasteiger partial charge < -0.3 is 0 Å². The summed E-state index contributed by atoms with van der Waals surface area (Å²) in [4.78, 5) is 46.3. The number of rotatable bonds is 8. The molecule has 0 saturated carbocycles. The van der Waals surface area contributed by atoms with Crippen molar-refractivity contribution in [3.8, 4) is 0 Å². The minimum atomic E-state index is -0.869. The summed E-state index contributed by atoms with van der Waals surface area (Å²) in [5, 5.41) is 0. The summed E-state index contributed by atoms with van der Waals surface area (Å²) in [5.41, 5.74) is -0.869. The van der Waals surface area contributed by atoms with E-state index in [2.05, 4.69) is 0 Å². The molecule has 0 N–H and O–H groups in total. The van der Waals surface area contributed by atoms with Crippen LogP contribution >= 0.6 is 0 Å². The predicted molar refractivity (Wildman–Crippen MR) is 72.7 cm³/mol. The van der Waals surface area contributed by atoms with Crippen molar-refractivity contribution in [1.29, 1.82) is 0 Å². The fourth-order valence-corrected chi connectivity index (χ4v) is 2.33. The Morgan fingerprint density at radius 2 is 1.42 bits per heavy atom. The average Bonchev–Trinajstić information content (AvgIpc) is 2.23. The molecule has 3 unspecified atom stereocenters. The zero-order valence-electron chi connectivity index (χ0n) is 12.7. The van der Waals surface area contributed by atoms with Crippen molar-refractivity contribution < 1.29 is 19.2 Å². The van der Waals surface area contributed by atoms with Crippen molar-refractivity contribution in [2.75, 3.05) is 0 Å². The molecule has 0 aliphatic carbocycles. The van der Waals surface area contributed by atoms with E-state index in [4.69, 9.17) is 0 Å². The molecule has 0 aromatic rings. The highest BCUT2D eigenvalue weighted by atomic mass is 16.1. The molecule has 0 spiro atoms. The van der Waals surface area contributed by atoms with E-state index in [-0.39, 0.29) is 36.0 Å². The van der Waals surface area contributed by atoms with Gasteiger partial charge in [0.15, 0.2) is 0 Å². The molecule has 0 bridgehead atoms. The zero-order valence-corrected chi connectivity index (χ0v) is 12.7. The highest BCUT2D eigenvalue weighted by Gasteiger charge is 2.38. The third-order valence-electron chi connectivity index (χ3n) is 3.93. The van der Waals surface area contributed by atoms with Crippen LogP contribution < -0.4 is 0 Å². The lowest BCUT2D eigenvalue weighted by Crippen LogP contribution is -2.36. The van der Waals surface area contributed by atoms with Crippen molar-refractivity contribution in [2.24, 2.45) is 17.3 Å². The van der Waals surface area contributed by atoms with E-state index in [1.165, 1.54) is 27.7 Å². The topological polar surface area (TPSA) is 68.3 Å². The van der Waals surface area contributed by atoms with Crippen LogP contribution in [-0.4, -0.2) is 23.1 Å². The molecular formula is C15H24O4. The van der Waals surface area contributed by atoms with Crippen molar-refractivity contribution >= 4 is 23.1 Å². The minimum Gasteiger partial charge on any atom is -0.300 e. The lowest BCUT2D eigenvalue weighted by Gasteiger charge is -2.31. The van der Waals surface area contributed by atoms with Crippen LogP contribution in [0, 0.1) is 17.3 Å². The summed E-state index contributed by atoms with van der Waals surface area (Å²) in [6.45, 7) is 9.12. The SMILES string of the molecule is CC(=O)CC(C)(CC(C(C)=O)C(C)C(C)=O)C(C)=O. The van der Waals surface area contributed by atoms with Gasteiger partial charge in [0.05, 0.1) is 0 Å². The first kappa shape index (κ1) is 17.7. The Hall–Kier alpha value is -1.32. The molecule has 0 fully saturated rings. The van der Waals surface area contributed by atoms with Gasteiger partial charge in [0.25, 0.3) is 0 Å². The highest BCUT2D eigenvalue weighted by Crippen LogP contribution is 2.35. The van der Waals surface area contributed by atoms with Gasteiger partial charge in [0.1, 0.15) is 23.1 Å². The van der Waals surface area contributed by atoms with Crippen molar-refractivity contribution in [3.63, 3.8) is 0 Å². The van der Waals surface area contributed by atoms with Gasteiger partial charge in [0.2, 0.25) is 0 Å². The lowest BCUT2D eigenvalue weighted by molar-refractivity contribution is -0.136. The third-order valence-corrected chi connectivity index (χ3v) is 3.93. The number of ketones is 4. The van der Waals surface area contributed by atoms with Gasteiger partial charge in [-0.3, -0.25) is 19.2 Å². The van der Waals surface area contributed by atoms with Gasteiger partial charge in [0, 0.05) is 23.7 Å². The normalized spacial score (nSPS) is 17.2. The molecule has 0 amide bonds. The third kappa shape index (κ3) is 5.05. The standard InChI is InChI=1S/C15H24O4/c1-9(16)7-15(6,13(5)19)8-14(12(4)18)10(2)11(3)17/h10,14H,7-8H2,1-6H3. The van der Waals surface area contributed by atoms with Gasteiger partial charge in [-0.05, 0) is 34.1 Å².